The summed E-state index contributed by atoms with van der Waals surface area (Å²) in [5.41, 5.74) is 8.49. The lowest BCUT2D eigenvalue weighted by Crippen LogP contribution is -2.26. The van der Waals surface area contributed by atoms with Crippen molar-refractivity contribution in [3.05, 3.63) is 103 Å². The van der Waals surface area contributed by atoms with Crippen LogP contribution in [0.25, 0.3) is 34.4 Å². The smallest absolute Gasteiger partial charge is 0.0998 e. The van der Waals surface area contributed by atoms with E-state index in [-0.39, 0.29) is 5.41 Å². The van der Waals surface area contributed by atoms with Gasteiger partial charge in [-0.3, -0.25) is 0 Å². The van der Waals surface area contributed by atoms with E-state index < -0.39 is 0 Å². The van der Waals surface area contributed by atoms with Crippen LogP contribution in [0, 0.1) is 22.7 Å². The summed E-state index contributed by atoms with van der Waals surface area (Å²) in [7, 11) is 0. The molecule has 0 aliphatic heterocycles. The molecule has 2 nitrogen and oxygen atoms in total. The van der Waals surface area contributed by atoms with Crippen molar-refractivity contribution in [2.24, 2.45) is 0 Å². The second-order valence-corrected chi connectivity index (χ2v) is 12.8. The number of hydrogen-bond acceptors (Lipinski definition) is 4. The summed E-state index contributed by atoms with van der Waals surface area (Å²) in [6, 6.07) is 26.4. The topological polar surface area (TPSA) is 47.6 Å². The molecular formula is C37H36N2S2. The van der Waals surface area contributed by atoms with Gasteiger partial charge in [-0.05, 0) is 93.4 Å². The predicted octanol–water partition coefficient (Wildman–Crippen LogP) is 11.4. The van der Waals surface area contributed by atoms with Gasteiger partial charge >= 0.3 is 0 Å². The van der Waals surface area contributed by atoms with Crippen molar-refractivity contribution in [2.45, 2.75) is 70.6 Å². The summed E-state index contributed by atoms with van der Waals surface area (Å²) in [4.78, 5) is 2.18. The molecule has 41 heavy (non-hydrogen) atoms. The first-order chi connectivity index (χ1) is 20.1. The van der Waals surface area contributed by atoms with Crippen LogP contribution in [-0.2, 0) is 5.41 Å². The van der Waals surface area contributed by atoms with Gasteiger partial charge in [0, 0.05) is 15.2 Å². The molecule has 2 aromatic heterocycles. The molecule has 4 heteroatoms. The Labute approximate surface area is 252 Å². The standard InChI is InChI=1S/C37H36N2S2/c1-3-5-7-17-37(18-8-6-4-2)35-23-27(29(25-38)21-31-11-9-19-40-31)13-15-33(35)34-16-14-28(24-36(34)37)30(26-39)22-32-12-10-20-41-32/h9-16,19-24H,3-8,17-18H2,1-2H3/b29-21-,30-22+. The normalized spacial score (nSPS) is 13.9. The molecule has 0 fully saturated rings. The minimum atomic E-state index is -0.131. The molecule has 2 aromatic carbocycles. The first kappa shape index (κ1) is 28.8. The van der Waals surface area contributed by atoms with Gasteiger partial charge in [-0.25, -0.2) is 0 Å². The van der Waals surface area contributed by atoms with Crippen molar-refractivity contribution in [3.63, 3.8) is 0 Å². The summed E-state index contributed by atoms with van der Waals surface area (Å²) < 4.78 is 0. The molecule has 206 valence electrons. The van der Waals surface area contributed by atoms with Gasteiger partial charge in [0.2, 0.25) is 0 Å². The Balaban J connectivity index is 1.68. The molecule has 4 aromatic rings. The Bertz CT molecular complexity index is 1500. The van der Waals surface area contributed by atoms with Crippen molar-refractivity contribution in [1.29, 1.82) is 10.5 Å². The average Bonchev–Trinajstić information content (AvgIpc) is 3.76. The molecule has 0 unspecified atom stereocenters. The Morgan fingerprint density at radius 3 is 1.51 bits per heavy atom. The maximum atomic E-state index is 10.2. The molecule has 1 aliphatic carbocycles. The fraction of sp³-hybridized carbons (Fsp3) is 0.297. The Morgan fingerprint density at radius 1 is 0.683 bits per heavy atom. The third kappa shape index (κ3) is 6.01. The number of thiophene rings is 2. The van der Waals surface area contributed by atoms with Crippen LogP contribution in [0.2, 0.25) is 0 Å². The summed E-state index contributed by atoms with van der Waals surface area (Å²) in [5, 5.41) is 24.4. The Kier molecular flexibility index (Phi) is 9.35. The molecule has 0 spiro atoms. The van der Waals surface area contributed by atoms with Crippen LogP contribution in [0.3, 0.4) is 0 Å². The molecule has 0 saturated carbocycles. The molecule has 0 amide bonds. The average molecular weight is 573 g/mol. The molecule has 5 rings (SSSR count). The number of rotatable bonds is 12. The number of allylic oxidation sites excluding steroid dienone is 2. The lowest BCUT2D eigenvalue weighted by atomic mass is 9.70. The van der Waals surface area contributed by atoms with E-state index in [9.17, 15) is 10.5 Å². The summed E-state index contributed by atoms with van der Waals surface area (Å²) >= 11 is 3.31. The van der Waals surface area contributed by atoms with Crippen molar-refractivity contribution >= 4 is 46.0 Å². The van der Waals surface area contributed by atoms with E-state index in [0.717, 1.165) is 46.6 Å². The summed E-state index contributed by atoms with van der Waals surface area (Å²) in [6.07, 6.45) is 13.2. The van der Waals surface area contributed by atoms with Crippen LogP contribution in [0.1, 0.15) is 97.2 Å². The monoisotopic (exact) mass is 572 g/mol. The van der Waals surface area contributed by atoms with E-state index in [1.807, 2.05) is 35.0 Å². The number of benzene rings is 2. The highest BCUT2D eigenvalue weighted by atomic mass is 32.1. The van der Waals surface area contributed by atoms with Crippen LogP contribution in [0.5, 0.6) is 0 Å². The van der Waals surface area contributed by atoms with Gasteiger partial charge in [0.25, 0.3) is 0 Å². The molecule has 2 heterocycles. The SMILES string of the molecule is CCCCCC1(CCCCC)c2cc(/C(C#N)=C/c3cccs3)ccc2-c2ccc(/C(C#N)=C\c3cccs3)cc21. The number of hydrogen-bond donors (Lipinski definition) is 0. The van der Waals surface area contributed by atoms with Crippen molar-refractivity contribution in [1.82, 2.24) is 0 Å². The quantitative estimate of drug-likeness (QED) is 0.125. The second kappa shape index (κ2) is 13.3. The summed E-state index contributed by atoms with van der Waals surface area (Å²) in [6.45, 7) is 4.53. The van der Waals surface area contributed by atoms with Gasteiger partial charge in [0.05, 0.1) is 23.3 Å². The van der Waals surface area contributed by atoms with Gasteiger partial charge in [-0.15, -0.1) is 22.7 Å². The predicted molar refractivity (Wildman–Crippen MR) is 177 cm³/mol. The van der Waals surface area contributed by atoms with Crippen LogP contribution < -0.4 is 0 Å². The highest BCUT2D eigenvalue weighted by molar-refractivity contribution is 7.11. The lowest BCUT2D eigenvalue weighted by Gasteiger charge is -2.33. The third-order valence-electron chi connectivity index (χ3n) is 8.30. The summed E-state index contributed by atoms with van der Waals surface area (Å²) in [5.74, 6) is 0. The zero-order valence-corrected chi connectivity index (χ0v) is 25.6. The maximum Gasteiger partial charge on any atom is 0.0998 e. The number of nitrogens with zero attached hydrogens (tertiary/aromatic N) is 2. The number of nitriles is 2. The molecular weight excluding hydrogens is 537 g/mol. The first-order valence-electron chi connectivity index (χ1n) is 14.7. The molecule has 0 atom stereocenters. The van der Waals surface area contributed by atoms with Crippen molar-refractivity contribution in [2.75, 3.05) is 0 Å². The fourth-order valence-electron chi connectivity index (χ4n) is 6.24. The van der Waals surface area contributed by atoms with Gasteiger partial charge < -0.3 is 0 Å². The molecule has 0 saturated heterocycles. The Hall–Kier alpha value is -3.70. The molecule has 0 bridgehead atoms. The van der Waals surface area contributed by atoms with Crippen LogP contribution >= 0.6 is 22.7 Å². The highest BCUT2D eigenvalue weighted by Crippen LogP contribution is 2.55. The molecule has 1 aliphatic rings. The minimum Gasteiger partial charge on any atom is -0.192 e. The Morgan fingerprint density at radius 2 is 1.15 bits per heavy atom. The van der Waals surface area contributed by atoms with Gasteiger partial charge in [-0.1, -0.05) is 88.8 Å². The van der Waals surface area contributed by atoms with Crippen molar-refractivity contribution < 1.29 is 0 Å². The van der Waals surface area contributed by atoms with E-state index in [1.165, 1.54) is 47.9 Å². The maximum absolute atomic E-state index is 10.2. The van der Waals surface area contributed by atoms with Gasteiger partial charge in [0.1, 0.15) is 0 Å². The first-order valence-corrected chi connectivity index (χ1v) is 16.5. The second-order valence-electron chi connectivity index (χ2n) is 10.9. The van der Waals surface area contributed by atoms with E-state index in [4.69, 9.17) is 0 Å². The van der Waals surface area contributed by atoms with Gasteiger partial charge in [-0.2, -0.15) is 10.5 Å². The van der Waals surface area contributed by atoms with Gasteiger partial charge in [0.15, 0.2) is 0 Å². The lowest BCUT2D eigenvalue weighted by molar-refractivity contribution is 0.405. The van der Waals surface area contributed by atoms with Crippen LogP contribution in [0.15, 0.2) is 71.4 Å². The zero-order valence-electron chi connectivity index (χ0n) is 24.0. The van der Waals surface area contributed by atoms with Crippen molar-refractivity contribution in [3.8, 4) is 23.3 Å². The van der Waals surface area contributed by atoms with E-state index >= 15 is 0 Å². The number of fused-ring (bicyclic) bond motifs is 3. The van der Waals surface area contributed by atoms with E-state index in [0.29, 0.717) is 11.1 Å². The highest BCUT2D eigenvalue weighted by Gasteiger charge is 2.42. The van der Waals surface area contributed by atoms with Crippen LogP contribution in [0.4, 0.5) is 0 Å². The molecule has 0 N–H and O–H groups in total. The largest absolute Gasteiger partial charge is 0.192 e. The molecule has 0 radical (unpaired) electrons. The fourth-order valence-corrected chi connectivity index (χ4v) is 7.55. The minimum absolute atomic E-state index is 0.131. The third-order valence-corrected chi connectivity index (χ3v) is 9.94. The van der Waals surface area contributed by atoms with E-state index in [1.54, 1.807) is 22.7 Å². The van der Waals surface area contributed by atoms with E-state index in [2.05, 4.69) is 74.5 Å². The number of unbranched alkanes of at least 4 members (excludes halogenated alkanes) is 4. The zero-order chi connectivity index (χ0) is 28.7. The van der Waals surface area contributed by atoms with Crippen LogP contribution in [-0.4, -0.2) is 0 Å².